The molecule has 0 bridgehead atoms. The van der Waals surface area contributed by atoms with Gasteiger partial charge in [0.2, 0.25) is 6.41 Å². The van der Waals surface area contributed by atoms with Crippen LogP contribution < -0.4 is 4.90 Å². The number of carbonyl (C=O) groups excluding carboxylic acids is 1. The van der Waals surface area contributed by atoms with Crippen LogP contribution in [0.4, 0.5) is 5.69 Å². The van der Waals surface area contributed by atoms with Crippen LogP contribution in [0.3, 0.4) is 0 Å². The molecule has 2 N–H and O–H groups in total. The normalized spacial score (nSPS) is 10.0. The van der Waals surface area contributed by atoms with Crippen LogP contribution >= 0.6 is 0 Å². The van der Waals surface area contributed by atoms with Gasteiger partial charge in [0, 0.05) is 5.69 Å². The van der Waals surface area contributed by atoms with E-state index >= 15 is 0 Å². The molecule has 2 aromatic rings. The second-order valence-electron chi connectivity index (χ2n) is 4.25. The topological polar surface area (TPSA) is 77.8 Å². The molecule has 0 saturated carbocycles. The number of phenolic OH excluding ortho intramolecular Hbond substituents is 1. The van der Waals surface area contributed by atoms with Crippen molar-refractivity contribution in [2.24, 2.45) is 0 Å². The summed E-state index contributed by atoms with van der Waals surface area (Å²) in [7, 11) is 0. The number of rotatable bonds is 5. The van der Waals surface area contributed by atoms with Crippen molar-refractivity contribution in [1.82, 2.24) is 0 Å². The molecule has 0 atom stereocenters. The molecule has 0 fully saturated rings. The number of carboxylic acids is 1. The monoisotopic (exact) mass is 271 g/mol. The van der Waals surface area contributed by atoms with E-state index in [1.807, 2.05) is 0 Å². The van der Waals surface area contributed by atoms with E-state index in [1.165, 1.54) is 29.2 Å². The largest absolute Gasteiger partial charge is 0.508 e. The van der Waals surface area contributed by atoms with Gasteiger partial charge >= 0.3 is 5.97 Å². The molecule has 0 heterocycles. The zero-order valence-electron chi connectivity index (χ0n) is 10.6. The minimum atomic E-state index is -0.984. The van der Waals surface area contributed by atoms with Gasteiger partial charge in [0.05, 0.1) is 12.1 Å². The fourth-order valence-corrected chi connectivity index (χ4v) is 1.78. The minimum Gasteiger partial charge on any atom is -0.508 e. The van der Waals surface area contributed by atoms with E-state index in [-0.39, 0.29) is 11.3 Å². The van der Waals surface area contributed by atoms with Crippen molar-refractivity contribution in [2.75, 3.05) is 4.90 Å². The third-order valence-corrected chi connectivity index (χ3v) is 2.86. The number of anilines is 1. The molecule has 0 aliphatic carbocycles. The van der Waals surface area contributed by atoms with E-state index in [0.717, 1.165) is 5.56 Å². The standard InChI is InChI=1S/C15H13NO4/c17-10-16(13-5-7-14(18)8-6-13)9-11-1-3-12(4-2-11)15(19)20/h1-8,10,18H,9H2,(H,19,20). The number of nitrogens with zero attached hydrogens (tertiary/aromatic N) is 1. The quantitative estimate of drug-likeness (QED) is 0.818. The first-order chi connectivity index (χ1) is 9.60. The molecular weight excluding hydrogens is 258 g/mol. The van der Waals surface area contributed by atoms with Crippen molar-refractivity contribution in [3.05, 3.63) is 59.7 Å². The molecule has 1 amide bonds. The van der Waals surface area contributed by atoms with Crippen LogP contribution in [-0.2, 0) is 11.3 Å². The van der Waals surface area contributed by atoms with Gasteiger partial charge in [-0.2, -0.15) is 0 Å². The Morgan fingerprint density at radius 1 is 1.05 bits per heavy atom. The van der Waals surface area contributed by atoms with Crippen LogP contribution in [0.2, 0.25) is 0 Å². The molecule has 0 aliphatic heterocycles. The number of benzene rings is 2. The Morgan fingerprint density at radius 3 is 2.15 bits per heavy atom. The number of hydrogen-bond donors (Lipinski definition) is 2. The molecule has 5 heteroatoms. The van der Waals surface area contributed by atoms with Gasteiger partial charge in [0.1, 0.15) is 5.75 Å². The molecule has 0 radical (unpaired) electrons. The summed E-state index contributed by atoms with van der Waals surface area (Å²) in [4.78, 5) is 23.4. The number of carbonyl (C=O) groups is 2. The second kappa shape index (κ2) is 5.88. The predicted octanol–water partition coefficient (Wildman–Crippen LogP) is 2.25. The van der Waals surface area contributed by atoms with Crippen molar-refractivity contribution in [3.8, 4) is 5.75 Å². The summed E-state index contributed by atoms with van der Waals surface area (Å²) in [5.74, 6) is -0.854. The van der Waals surface area contributed by atoms with E-state index < -0.39 is 5.97 Å². The first-order valence-electron chi connectivity index (χ1n) is 5.93. The van der Waals surface area contributed by atoms with Crippen LogP contribution in [0.1, 0.15) is 15.9 Å². The SMILES string of the molecule is O=CN(Cc1ccc(C(=O)O)cc1)c1ccc(O)cc1. The molecule has 0 unspecified atom stereocenters. The maximum Gasteiger partial charge on any atom is 0.335 e. The number of aromatic hydroxyl groups is 1. The lowest BCUT2D eigenvalue weighted by Crippen LogP contribution is -2.20. The Labute approximate surface area is 115 Å². The summed E-state index contributed by atoms with van der Waals surface area (Å²) in [5.41, 5.74) is 1.67. The highest BCUT2D eigenvalue weighted by Crippen LogP contribution is 2.19. The summed E-state index contributed by atoms with van der Waals surface area (Å²) in [6.45, 7) is 0.328. The predicted molar refractivity (Wildman–Crippen MR) is 73.8 cm³/mol. The van der Waals surface area contributed by atoms with Gasteiger partial charge in [0.15, 0.2) is 0 Å². The van der Waals surface area contributed by atoms with Crippen molar-refractivity contribution in [1.29, 1.82) is 0 Å². The summed E-state index contributed by atoms with van der Waals surface area (Å²) in [6, 6.07) is 12.6. The molecule has 5 nitrogen and oxygen atoms in total. The van der Waals surface area contributed by atoms with E-state index in [1.54, 1.807) is 24.3 Å². The molecule has 2 rings (SSSR count). The lowest BCUT2D eigenvalue weighted by atomic mass is 10.1. The summed E-state index contributed by atoms with van der Waals surface area (Å²) < 4.78 is 0. The molecule has 0 aliphatic rings. The fraction of sp³-hybridized carbons (Fsp3) is 0.0667. The number of hydrogen-bond acceptors (Lipinski definition) is 3. The van der Waals surface area contributed by atoms with E-state index in [2.05, 4.69) is 0 Å². The lowest BCUT2D eigenvalue weighted by molar-refractivity contribution is -0.107. The van der Waals surface area contributed by atoms with Gasteiger partial charge in [-0.15, -0.1) is 0 Å². The Hall–Kier alpha value is -2.82. The second-order valence-corrected chi connectivity index (χ2v) is 4.25. The highest BCUT2D eigenvalue weighted by atomic mass is 16.4. The first-order valence-corrected chi connectivity index (χ1v) is 5.93. The Bertz CT molecular complexity index is 605. The third kappa shape index (κ3) is 3.14. The highest BCUT2D eigenvalue weighted by molar-refractivity contribution is 5.87. The van der Waals surface area contributed by atoms with E-state index in [0.29, 0.717) is 18.6 Å². The minimum absolute atomic E-state index is 0.130. The molecule has 0 aromatic heterocycles. The zero-order valence-corrected chi connectivity index (χ0v) is 10.6. The van der Waals surface area contributed by atoms with Crippen LogP contribution in [0.5, 0.6) is 5.75 Å². The van der Waals surface area contributed by atoms with Crippen LogP contribution in [0, 0.1) is 0 Å². The van der Waals surface area contributed by atoms with Crippen molar-refractivity contribution in [2.45, 2.75) is 6.54 Å². The molecule has 102 valence electrons. The van der Waals surface area contributed by atoms with Gasteiger partial charge < -0.3 is 15.1 Å². The zero-order chi connectivity index (χ0) is 14.5. The molecular formula is C15H13NO4. The van der Waals surface area contributed by atoms with Crippen LogP contribution in [-0.4, -0.2) is 22.6 Å². The molecule has 2 aromatic carbocycles. The lowest BCUT2D eigenvalue weighted by Gasteiger charge is -2.17. The number of carboxylic acid groups (broad SMARTS) is 1. The highest BCUT2D eigenvalue weighted by Gasteiger charge is 2.07. The average molecular weight is 271 g/mol. The van der Waals surface area contributed by atoms with E-state index in [9.17, 15) is 14.7 Å². The van der Waals surface area contributed by atoms with Gasteiger partial charge in [-0.05, 0) is 42.0 Å². The molecule has 0 spiro atoms. The third-order valence-electron chi connectivity index (χ3n) is 2.86. The summed E-state index contributed by atoms with van der Waals surface area (Å²) >= 11 is 0. The van der Waals surface area contributed by atoms with Crippen LogP contribution in [0.15, 0.2) is 48.5 Å². The maximum atomic E-state index is 11.1. The average Bonchev–Trinajstić information content (AvgIpc) is 2.46. The van der Waals surface area contributed by atoms with Gasteiger partial charge in [-0.3, -0.25) is 4.79 Å². The number of aromatic carboxylic acids is 1. The van der Waals surface area contributed by atoms with Crippen molar-refractivity contribution in [3.63, 3.8) is 0 Å². The number of amides is 1. The maximum absolute atomic E-state index is 11.1. The number of phenols is 1. The molecule has 20 heavy (non-hydrogen) atoms. The van der Waals surface area contributed by atoms with Crippen molar-refractivity contribution >= 4 is 18.1 Å². The summed E-state index contributed by atoms with van der Waals surface area (Å²) in [6.07, 6.45) is 0.692. The Morgan fingerprint density at radius 2 is 1.65 bits per heavy atom. The van der Waals surface area contributed by atoms with Gasteiger partial charge in [-0.1, -0.05) is 12.1 Å². The molecule has 0 saturated heterocycles. The smallest absolute Gasteiger partial charge is 0.335 e. The Balaban J connectivity index is 2.15. The van der Waals surface area contributed by atoms with Gasteiger partial charge in [-0.25, -0.2) is 4.79 Å². The van der Waals surface area contributed by atoms with E-state index in [4.69, 9.17) is 5.11 Å². The van der Waals surface area contributed by atoms with Crippen LogP contribution in [0.25, 0.3) is 0 Å². The fourth-order valence-electron chi connectivity index (χ4n) is 1.78. The Kier molecular flexibility index (Phi) is 4.00. The summed E-state index contributed by atoms with van der Waals surface area (Å²) in [5, 5.41) is 18.0. The van der Waals surface area contributed by atoms with Gasteiger partial charge in [0.25, 0.3) is 0 Å². The van der Waals surface area contributed by atoms with Crippen molar-refractivity contribution < 1.29 is 19.8 Å². The first kappa shape index (κ1) is 13.6.